The van der Waals surface area contributed by atoms with Crippen LogP contribution in [0.2, 0.25) is 0 Å². The largest absolute Gasteiger partial charge is 0.394 e. The fourth-order valence-corrected chi connectivity index (χ4v) is 5.13. The van der Waals surface area contributed by atoms with Gasteiger partial charge in [-0.25, -0.2) is 0 Å². The minimum absolute atomic E-state index is 0.0569. The van der Waals surface area contributed by atoms with Gasteiger partial charge in [-0.2, -0.15) is 0 Å². The fourth-order valence-electron chi connectivity index (χ4n) is 5.13. The highest BCUT2D eigenvalue weighted by atomic mass is 16.5. The van der Waals surface area contributed by atoms with Crippen molar-refractivity contribution in [3.05, 3.63) is 35.9 Å². The number of hydrogen-bond acceptors (Lipinski definition) is 11. The van der Waals surface area contributed by atoms with Gasteiger partial charge in [0, 0.05) is 26.6 Å². The number of likely N-dealkylation sites (N-methyl/N-ethyl adjacent to an activating group) is 2. The van der Waals surface area contributed by atoms with E-state index in [-0.39, 0.29) is 51.4 Å². The maximum absolute atomic E-state index is 13.8. The monoisotopic (exact) mass is 763 g/mol. The fraction of sp³-hybridized carbons (Fsp3) is 0.629. The van der Waals surface area contributed by atoms with E-state index in [4.69, 9.17) is 21.9 Å². The number of aliphatic hydroxyl groups is 1. The Balaban J connectivity index is 3.16. The molecule has 14 N–H and O–H groups in total. The van der Waals surface area contributed by atoms with Gasteiger partial charge < -0.3 is 64.3 Å². The third-order valence-corrected chi connectivity index (χ3v) is 8.13. The van der Waals surface area contributed by atoms with E-state index < -0.39 is 78.2 Å². The molecule has 0 saturated heterocycles. The van der Waals surface area contributed by atoms with E-state index in [0.29, 0.717) is 25.9 Å². The number of aliphatic hydroxyl groups excluding tert-OH is 1. The molecule has 0 unspecified atom stereocenters. The van der Waals surface area contributed by atoms with E-state index in [1.54, 1.807) is 45.2 Å². The van der Waals surface area contributed by atoms with Crippen LogP contribution in [0.15, 0.2) is 35.3 Å². The summed E-state index contributed by atoms with van der Waals surface area (Å²) in [6.45, 7) is 3.58. The molecule has 1 aromatic carbocycles. The summed E-state index contributed by atoms with van der Waals surface area (Å²) in [5, 5.41) is 28.5. The Labute approximate surface area is 317 Å². The molecule has 0 fully saturated rings. The smallest absolute Gasteiger partial charge is 0.246 e. The molecule has 0 bridgehead atoms. The highest BCUT2D eigenvalue weighted by molar-refractivity contribution is 5.96. The van der Waals surface area contributed by atoms with Gasteiger partial charge in [0.2, 0.25) is 35.4 Å². The number of nitrogens with one attached hydrogen (secondary N) is 7. The molecule has 304 valence electrons. The second-order valence-corrected chi connectivity index (χ2v) is 12.9. The number of ether oxygens (including phenoxy) is 1. The van der Waals surface area contributed by atoms with Crippen molar-refractivity contribution in [3.8, 4) is 0 Å². The first-order chi connectivity index (χ1) is 25.8. The van der Waals surface area contributed by atoms with E-state index >= 15 is 0 Å². The van der Waals surface area contributed by atoms with Crippen LogP contribution < -0.4 is 54.4 Å². The van der Waals surface area contributed by atoms with Gasteiger partial charge in [-0.1, -0.05) is 44.2 Å². The molecule has 19 heteroatoms. The zero-order valence-corrected chi connectivity index (χ0v) is 31.8. The zero-order chi connectivity index (χ0) is 40.5. The van der Waals surface area contributed by atoms with Gasteiger partial charge in [0.1, 0.15) is 36.8 Å². The van der Waals surface area contributed by atoms with Crippen molar-refractivity contribution in [2.45, 2.75) is 82.6 Å². The molecule has 0 spiro atoms. The first-order valence-corrected chi connectivity index (χ1v) is 18.1. The molecule has 5 atom stereocenters. The standard InChI is InChI=1S/C35H61N11O8/c1-22(2)29(34(53)45-27(20-47)33(52)44-26(30(49)40-4)19-23-11-6-5-7-12-23)46-32(51)25(14-10-16-41-35(37)38)43-31(50)24(13-8-9-15-36)42-28(48)21-54-18-17-39-3/h5-7,11-12,22,24-27,29,39,47H,8-10,13-21,36H2,1-4H3,(H,40,49)(H,42,48)(H,43,50)(H,44,52)(H,45,53)(H,46,51)(H4,37,38,41)/t24-,25-,26-,27-,29-/m0/s1. The van der Waals surface area contributed by atoms with Gasteiger partial charge in [0.15, 0.2) is 5.96 Å². The Morgan fingerprint density at radius 3 is 1.94 bits per heavy atom. The number of nitrogens with two attached hydrogens (primary N) is 3. The predicted molar refractivity (Wildman–Crippen MR) is 203 cm³/mol. The summed E-state index contributed by atoms with van der Waals surface area (Å²) >= 11 is 0. The number of guanidine groups is 1. The van der Waals surface area contributed by atoms with E-state index in [2.05, 4.69) is 42.2 Å². The van der Waals surface area contributed by atoms with E-state index in [1.165, 1.54) is 7.05 Å². The minimum Gasteiger partial charge on any atom is -0.394 e. The van der Waals surface area contributed by atoms with Gasteiger partial charge in [0.25, 0.3) is 0 Å². The van der Waals surface area contributed by atoms with Crippen molar-refractivity contribution in [1.82, 2.24) is 37.2 Å². The number of unbranched alkanes of at least 4 members (excludes halogenated alkanes) is 1. The van der Waals surface area contributed by atoms with Crippen LogP contribution in [0.25, 0.3) is 0 Å². The molecule has 1 aromatic rings. The number of hydrogen-bond donors (Lipinski definition) is 11. The maximum atomic E-state index is 13.8. The average molecular weight is 764 g/mol. The molecule has 1 rings (SSSR count). The van der Waals surface area contributed by atoms with Crippen molar-refractivity contribution < 1.29 is 38.6 Å². The number of carbonyl (C=O) groups is 6. The van der Waals surface area contributed by atoms with Crippen LogP contribution in [0.3, 0.4) is 0 Å². The normalized spacial score (nSPS) is 13.7. The quantitative estimate of drug-likeness (QED) is 0.0236. The topological polar surface area (TPSA) is 307 Å². The van der Waals surface area contributed by atoms with Crippen molar-refractivity contribution >= 4 is 41.4 Å². The Bertz CT molecular complexity index is 1350. The molecule has 54 heavy (non-hydrogen) atoms. The average Bonchev–Trinajstić information content (AvgIpc) is 3.14. The van der Waals surface area contributed by atoms with E-state index in [0.717, 1.165) is 5.56 Å². The lowest BCUT2D eigenvalue weighted by Gasteiger charge is -2.28. The summed E-state index contributed by atoms with van der Waals surface area (Å²) in [5.41, 5.74) is 17.3. The summed E-state index contributed by atoms with van der Waals surface area (Å²) in [4.78, 5) is 83.2. The number of rotatable bonds is 27. The Kier molecular flexibility index (Phi) is 23.4. The molecule has 0 radical (unpaired) electrons. The summed E-state index contributed by atoms with van der Waals surface area (Å²) in [7, 11) is 3.16. The molecule has 19 nitrogen and oxygen atoms in total. The van der Waals surface area contributed by atoms with Crippen molar-refractivity contribution in [2.75, 3.05) is 53.6 Å². The van der Waals surface area contributed by atoms with Crippen LogP contribution in [0, 0.1) is 5.92 Å². The third kappa shape index (κ3) is 18.8. The van der Waals surface area contributed by atoms with Crippen LogP contribution in [-0.2, 0) is 39.9 Å². The van der Waals surface area contributed by atoms with Gasteiger partial charge in [-0.3, -0.25) is 33.8 Å². The second kappa shape index (κ2) is 26.8. The molecule has 6 amide bonds. The molecule has 0 heterocycles. The van der Waals surface area contributed by atoms with Crippen molar-refractivity contribution in [2.24, 2.45) is 28.1 Å². The first kappa shape index (κ1) is 47.2. The molecule has 0 aliphatic heterocycles. The van der Waals surface area contributed by atoms with Crippen LogP contribution in [-0.4, -0.2) is 130 Å². The highest BCUT2D eigenvalue weighted by Gasteiger charge is 2.33. The number of nitrogens with zero attached hydrogens (tertiary/aromatic N) is 1. The molecule has 0 aliphatic carbocycles. The molecular weight excluding hydrogens is 702 g/mol. The number of aliphatic imine (C=N–C) groups is 1. The second-order valence-electron chi connectivity index (χ2n) is 12.9. The zero-order valence-electron chi connectivity index (χ0n) is 31.8. The van der Waals surface area contributed by atoms with Gasteiger partial charge in [-0.05, 0) is 57.2 Å². The highest BCUT2D eigenvalue weighted by Crippen LogP contribution is 2.09. The maximum Gasteiger partial charge on any atom is 0.246 e. The SMILES string of the molecule is CNCCOCC(=O)N[C@@H](CCCCN)C(=O)N[C@@H](CCCN=C(N)N)C(=O)N[C@H](C(=O)N[C@@H](CO)C(=O)N[C@@H](Cc1ccccc1)C(=O)NC)C(C)C. The minimum atomic E-state index is -1.46. The lowest BCUT2D eigenvalue weighted by Crippen LogP contribution is -2.61. The van der Waals surface area contributed by atoms with Crippen LogP contribution >= 0.6 is 0 Å². The number of amides is 6. The molecular formula is C35H61N11O8. The first-order valence-electron chi connectivity index (χ1n) is 18.1. The van der Waals surface area contributed by atoms with Crippen LogP contribution in [0.5, 0.6) is 0 Å². The van der Waals surface area contributed by atoms with Crippen LogP contribution in [0.4, 0.5) is 0 Å². The molecule has 0 aliphatic rings. The Hall–Kier alpha value is -4.85. The van der Waals surface area contributed by atoms with E-state index in [1.807, 2.05) is 6.07 Å². The lowest BCUT2D eigenvalue weighted by atomic mass is 10.0. The Morgan fingerprint density at radius 2 is 1.35 bits per heavy atom. The lowest BCUT2D eigenvalue weighted by molar-refractivity contribution is -0.136. The summed E-state index contributed by atoms with van der Waals surface area (Å²) in [5.74, 6) is -4.63. The summed E-state index contributed by atoms with van der Waals surface area (Å²) in [6, 6.07) is 3.09. The molecule has 0 aromatic heterocycles. The van der Waals surface area contributed by atoms with E-state index in [9.17, 15) is 33.9 Å². The molecule has 0 saturated carbocycles. The number of benzene rings is 1. The van der Waals surface area contributed by atoms with Crippen molar-refractivity contribution in [3.63, 3.8) is 0 Å². The van der Waals surface area contributed by atoms with Gasteiger partial charge in [-0.15, -0.1) is 0 Å². The third-order valence-electron chi connectivity index (χ3n) is 8.13. The van der Waals surface area contributed by atoms with Gasteiger partial charge in [0.05, 0.1) is 13.2 Å². The van der Waals surface area contributed by atoms with Crippen LogP contribution in [0.1, 0.15) is 51.5 Å². The summed E-state index contributed by atoms with van der Waals surface area (Å²) in [6.07, 6.45) is 1.82. The summed E-state index contributed by atoms with van der Waals surface area (Å²) < 4.78 is 5.32. The predicted octanol–water partition coefficient (Wildman–Crippen LogP) is -3.53. The Morgan fingerprint density at radius 1 is 0.759 bits per heavy atom. The number of carbonyl (C=O) groups excluding carboxylic acids is 6. The van der Waals surface area contributed by atoms with Gasteiger partial charge >= 0.3 is 0 Å². The van der Waals surface area contributed by atoms with Crippen molar-refractivity contribution in [1.29, 1.82) is 0 Å².